The fraction of sp³-hybridized carbons (Fsp3) is 0.875. The Balaban J connectivity index is 1.51. The molecular weight excluding hydrogens is 250 g/mol. The highest BCUT2D eigenvalue weighted by Crippen LogP contribution is 2.41. The van der Waals surface area contributed by atoms with Crippen LogP contribution < -0.4 is 5.32 Å². The standard InChI is InChI=1S/C16H27N3O/c1-16(2)8-5-13(6-9-16)15-18-14(20-19-15)4-3-12-7-10-17-11-12/h12-13,17H,3-11H2,1-2H3. The Hall–Kier alpha value is -0.900. The largest absolute Gasteiger partial charge is 0.339 e. The van der Waals surface area contributed by atoms with Crippen molar-refractivity contribution in [1.29, 1.82) is 0 Å². The molecule has 112 valence electrons. The van der Waals surface area contributed by atoms with Gasteiger partial charge in [-0.25, -0.2) is 0 Å². The van der Waals surface area contributed by atoms with Crippen LogP contribution in [0.2, 0.25) is 0 Å². The van der Waals surface area contributed by atoms with Gasteiger partial charge < -0.3 is 9.84 Å². The quantitative estimate of drug-likeness (QED) is 0.917. The first-order chi connectivity index (χ1) is 9.62. The topological polar surface area (TPSA) is 51.0 Å². The molecule has 1 aromatic heterocycles. The van der Waals surface area contributed by atoms with Gasteiger partial charge in [0.1, 0.15) is 0 Å². The molecule has 1 N–H and O–H groups in total. The Morgan fingerprint density at radius 3 is 2.75 bits per heavy atom. The second-order valence-electron chi connectivity index (χ2n) is 7.38. The molecule has 0 amide bonds. The van der Waals surface area contributed by atoms with E-state index < -0.39 is 0 Å². The van der Waals surface area contributed by atoms with Crippen LogP contribution >= 0.6 is 0 Å². The monoisotopic (exact) mass is 277 g/mol. The molecule has 1 saturated carbocycles. The molecule has 1 aromatic rings. The number of nitrogens with zero attached hydrogens (tertiary/aromatic N) is 2. The zero-order valence-electron chi connectivity index (χ0n) is 12.8. The third-order valence-corrected chi connectivity index (χ3v) is 5.12. The van der Waals surface area contributed by atoms with E-state index in [1.54, 1.807) is 0 Å². The molecule has 4 nitrogen and oxygen atoms in total. The smallest absolute Gasteiger partial charge is 0.226 e. The van der Waals surface area contributed by atoms with Crippen LogP contribution in [0.4, 0.5) is 0 Å². The fourth-order valence-electron chi connectivity index (χ4n) is 3.48. The molecule has 1 aliphatic carbocycles. The number of hydrogen-bond donors (Lipinski definition) is 1. The predicted octanol–water partition coefficient (Wildman–Crippen LogP) is 3.30. The SMILES string of the molecule is CC1(C)CCC(c2noc(CCC3CCNC3)n2)CC1. The van der Waals surface area contributed by atoms with Gasteiger partial charge in [0.05, 0.1) is 0 Å². The van der Waals surface area contributed by atoms with Gasteiger partial charge in [0, 0.05) is 12.3 Å². The van der Waals surface area contributed by atoms with Gasteiger partial charge in [-0.15, -0.1) is 0 Å². The lowest BCUT2D eigenvalue weighted by Gasteiger charge is -2.32. The maximum atomic E-state index is 5.45. The minimum Gasteiger partial charge on any atom is -0.339 e. The van der Waals surface area contributed by atoms with Crippen LogP contribution in [0, 0.1) is 11.3 Å². The highest BCUT2D eigenvalue weighted by molar-refractivity contribution is 4.99. The van der Waals surface area contributed by atoms with Crippen LogP contribution in [0.1, 0.15) is 70.0 Å². The van der Waals surface area contributed by atoms with Crippen molar-refractivity contribution >= 4 is 0 Å². The summed E-state index contributed by atoms with van der Waals surface area (Å²) in [5, 5.41) is 7.64. The van der Waals surface area contributed by atoms with E-state index in [0.717, 1.165) is 37.1 Å². The van der Waals surface area contributed by atoms with Gasteiger partial charge in [0.25, 0.3) is 0 Å². The van der Waals surface area contributed by atoms with E-state index in [4.69, 9.17) is 4.52 Å². The predicted molar refractivity (Wildman–Crippen MR) is 78.6 cm³/mol. The summed E-state index contributed by atoms with van der Waals surface area (Å²) in [4.78, 5) is 4.64. The van der Waals surface area contributed by atoms with Crippen LogP contribution in [0.5, 0.6) is 0 Å². The average Bonchev–Trinajstić information content (AvgIpc) is 3.08. The summed E-state index contributed by atoms with van der Waals surface area (Å²) in [7, 11) is 0. The van der Waals surface area contributed by atoms with Gasteiger partial charge in [-0.1, -0.05) is 19.0 Å². The molecule has 1 unspecified atom stereocenters. The molecule has 1 aliphatic heterocycles. The molecule has 0 aromatic carbocycles. The summed E-state index contributed by atoms with van der Waals surface area (Å²) in [6, 6.07) is 0. The molecular formula is C16H27N3O. The van der Waals surface area contributed by atoms with Gasteiger partial charge in [0.2, 0.25) is 5.89 Å². The van der Waals surface area contributed by atoms with Crippen molar-refractivity contribution < 1.29 is 4.52 Å². The van der Waals surface area contributed by atoms with E-state index in [0.29, 0.717) is 11.3 Å². The highest BCUT2D eigenvalue weighted by atomic mass is 16.5. The Morgan fingerprint density at radius 1 is 1.25 bits per heavy atom. The van der Waals surface area contributed by atoms with Gasteiger partial charge >= 0.3 is 0 Å². The molecule has 0 bridgehead atoms. The maximum absolute atomic E-state index is 5.45. The fourth-order valence-corrected chi connectivity index (χ4v) is 3.48. The lowest BCUT2D eigenvalue weighted by atomic mass is 9.73. The number of nitrogens with one attached hydrogen (secondary N) is 1. The van der Waals surface area contributed by atoms with Gasteiger partial charge in [0.15, 0.2) is 5.82 Å². The summed E-state index contributed by atoms with van der Waals surface area (Å²) in [5.41, 5.74) is 0.499. The Bertz CT molecular complexity index is 425. The number of hydrogen-bond acceptors (Lipinski definition) is 4. The third kappa shape index (κ3) is 3.40. The summed E-state index contributed by atoms with van der Waals surface area (Å²) < 4.78 is 5.45. The molecule has 2 heterocycles. The maximum Gasteiger partial charge on any atom is 0.226 e. The molecule has 1 atom stereocenters. The van der Waals surface area contributed by atoms with Crippen LogP contribution in [-0.4, -0.2) is 23.2 Å². The van der Waals surface area contributed by atoms with Crippen molar-refractivity contribution in [2.75, 3.05) is 13.1 Å². The van der Waals surface area contributed by atoms with Crippen LogP contribution in [0.25, 0.3) is 0 Å². The molecule has 0 spiro atoms. The molecule has 2 aliphatic rings. The van der Waals surface area contributed by atoms with E-state index in [2.05, 4.69) is 29.3 Å². The van der Waals surface area contributed by atoms with E-state index in [9.17, 15) is 0 Å². The van der Waals surface area contributed by atoms with E-state index in [1.165, 1.54) is 38.5 Å². The molecule has 3 rings (SSSR count). The average molecular weight is 277 g/mol. The van der Waals surface area contributed by atoms with Crippen molar-refractivity contribution in [1.82, 2.24) is 15.5 Å². The first-order valence-electron chi connectivity index (χ1n) is 8.16. The summed E-state index contributed by atoms with van der Waals surface area (Å²) >= 11 is 0. The molecule has 0 radical (unpaired) electrons. The second-order valence-corrected chi connectivity index (χ2v) is 7.38. The van der Waals surface area contributed by atoms with Crippen molar-refractivity contribution in [3.05, 3.63) is 11.7 Å². The molecule has 20 heavy (non-hydrogen) atoms. The summed E-state index contributed by atoms with van der Waals surface area (Å²) in [6.45, 7) is 7.04. The van der Waals surface area contributed by atoms with Gasteiger partial charge in [-0.3, -0.25) is 0 Å². The van der Waals surface area contributed by atoms with Crippen molar-refractivity contribution in [2.24, 2.45) is 11.3 Å². The zero-order chi connectivity index (χ0) is 14.0. The number of aromatic nitrogens is 2. The van der Waals surface area contributed by atoms with Crippen LogP contribution in [0.3, 0.4) is 0 Å². The Labute approximate surface area is 121 Å². The van der Waals surface area contributed by atoms with Gasteiger partial charge in [-0.05, 0) is 62.9 Å². The molecule has 1 saturated heterocycles. The minimum atomic E-state index is 0.499. The zero-order valence-corrected chi connectivity index (χ0v) is 12.8. The highest BCUT2D eigenvalue weighted by Gasteiger charge is 2.30. The molecule has 4 heteroatoms. The molecule has 2 fully saturated rings. The van der Waals surface area contributed by atoms with Crippen LogP contribution in [-0.2, 0) is 6.42 Å². The van der Waals surface area contributed by atoms with E-state index in [1.807, 2.05) is 0 Å². The normalized spacial score (nSPS) is 27.0. The minimum absolute atomic E-state index is 0.499. The number of rotatable bonds is 4. The second kappa shape index (κ2) is 5.84. The van der Waals surface area contributed by atoms with Gasteiger partial charge in [-0.2, -0.15) is 4.98 Å². The summed E-state index contributed by atoms with van der Waals surface area (Å²) in [5.74, 6) is 3.12. The Kier molecular flexibility index (Phi) is 4.11. The van der Waals surface area contributed by atoms with Crippen molar-refractivity contribution in [2.45, 2.75) is 64.7 Å². The van der Waals surface area contributed by atoms with Crippen molar-refractivity contribution in [3.8, 4) is 0 Å². The third-order valence-electron chi connectivity index (χ3n) is 5.12. The summed E-state index contributed by atoms with van der Waals surface area (Å²) in [6.07, 6.45) is 8.37. The lowest BCUT2D eigenvalue weighted by Crippen LogP contribution is -2.20. The number of aryl methyl sites for hydroxylation is 1. The van der Waals surface area contributed by atoms with E-state index >= 15 is 0 Å². The van der Waals surface area contributed by atoms with Crippen molar-refractivity contribution in [3.63, 3.8) is 0 Å². The van der Waals surface area contributed by atoms with Crippen LogP contribution in [0.15, 0.2) is 4.52 Å². The van der Waals surface area contributed by atoms with E-state index in [-0.39, 0.29) is 0 Å². The lowest BCUT2D eigenvalue weighted by molar-refractivity contribution is 0.218. The first-order valence-corrected chi connectivity index (χ1v) is 8.16. The Morgan fingerprint density at radius 2 is 2.05 bits per heavy atom. The first kappa shape index (κ1) is 14.1.